The minimum atomic E-state index is -0.809. The molecule has 1 heterocycles. The Kier molecular flexibility index (Phi) is 7.12. The first-order valence-electron chi connectivity index (χ1n) is 12.4. The van der Waals surface area contributed by atoms with Crippen molar-refractivity contribution in [1.29, 1.82) is 0 Å². The summed E-state index contributed by atoms with van der Waals surface area (Å²) in [5, 5.41) is 11.6. The molecule has 3 aromatic rings. The number of hydrogen-bond donors (Lipinski definition) is 1. The fraction of sp³-hybridized carbons (Fsp3) is 0.290. The molecule has 1 saturated heterocycles. The lowest BCUT2D eigenvalue weighted by atomic mass is 9.84. The van der Waals surface area contributed by atoms with Gasteiger partial charge >= 0.3 is 0 Å². The molecule has 0 bridgehead atoms. The number of para-hydroxylation sites is 1. The van der Waals surface area contributed by atoms with Crippen LogP contribution in [0.5, 0.6) is 11.5 Å². The maximum atomic E-state index is 13.5. The average Bonchev–Trinajstić information content (AvgIpc) is 3.14. The molecule has 37 heavy (non-hydrogen) atoms. The van der Waals surface area contributed by atoms with Gasteiger partial charge in [-0.25, -0.2) is 0 Å². The Hall–Kier alpha value is -4.06. The number of benzene rings is 3. The van der Waals surface area contributed by atoms with Crippen molar-refractivity contribution in [3.8, 4) is 11.5 Å². The summed E-state index contributed by atoms with van der Waals surface area (Å²) in [5.41, 5.74) is 3.27. The Labute approximate surface area is 218 Å². The molecule has 0 aliphatic carbocycles. The number of methoxy groups -OCH3 is 1. The molecule has 3 aromatic carbocycles. The third kappa shape index (κ3) is 4.84. The van der Waals surface area contributed by atoms with Gasteiger partial charge in [0.1, 0.15) is 17.3 Å². The summed E-state index contributed by atoms with van der Waals surface area (Å²) >= 11 is 0. The molecule has 1 aliphatic rings. The second-order valence-electron chi connectivity index (χ2n) is 10.1. The highest BCUT2D eigenvalue weighted by Gasteiger charge is 2.47. The van der Waals surface area contributed by atoms with Crippen LogP contribution < -0.4 is 14.4 Å². The van der Waals surface area contributed by atoms with Gasteiger partial charge in [0.25, 0.3) is 11.7 Å². The summed E-state index contributed by atoms with van der Waals surface area (Å²) < 4.78 is 11.1. The summed E-state index contributed by atoms with van der Waals surface area (Å²) in [6, 6.07) is 19.2. The first kappa shape index (κ1) is 26.0. The number of aryl methyl sites for hydroxylation is 1. The zero-order valence-electron chi connectivity index (χ0n) is 22.2. The number of aliphatic hydroxyl groups is 1. The molecule has 1 unspecified atom stereocenters. The molecule has 1 amide bonds. The van der Waals surface area contributed by atoms with Gasteiger partial charge in [0.15, 0.2) is 0 Å². The first-order chi connectivity index (χ1) is 17.6. The number of rotatable bonds is 6. The highest BCUT2D eigenvalue weighted by atomic mass is 16.5. The van der Waals surface area contributed by atoms with Crippen molar-refractivity contribution in [3.05, 3.63) is 94.6 Å². The lowest BCUT2D eigenvalue weighted by Crippen LogP contribution is -2.30. The number of carbonyl (C=O) groups is 2. The standard InChI is InChI=1S/C31H33NO5/c1-7-37-25-17-14-21(18-23(25)31(3,4)5)28(33)26-27(20-12-15-22(36-6)16-13-20)32(30(35)29(26)34)24-11-9-8-10-19(24)2/h8-18,27,33H,7H2,1-6H3/b28-26-. The molecular formula is C31H33NO5. The third-order valence-corrected chi connectivity index (χ3v) is 6.61. The van der Waals surface area contributed by atoms with E-state index in [9.17, 15) is 14.7 Å². The van der Waals surface area contributed by atoms with Gasteiger partial charge in [0.2, 0.25) is 0 Å². The maximum absolute atomic E-state index is 13.5. The van der Waals surface area contributed by atoms with Crippen molar-refractivity contribution in [2.24, 2.45) is 0 Å². The van der Waals surface area contributed by atoms with E-state index in [2.05, 4.69) is 20.8 Å². The molecule has 4 rings (SSSR count). The third-order valence-electron chi connectivity index (χ3n) is 6.61. The fourth-order valence-corrected chi connectivity index (χ4v) is 4.72. The van der Waals surface area contributed by atoms with E-state index >= 15 is 0 Å². The molecular weight excluding hydrogens is 466 g/mol. The minimum absolute atomic E-state index is 0.0439. The van der Waals surface area contributed by atoms with Crippen molar-refractivity contribution in [2.45, 2.75) is 46.1 Å². The number of anilines is 1. The van der Waals surface area contributed by atoms with Crippen molar-refractivity contribution in [1.82, 2.24) is 0 Å². The normalized spacial score (nSPS) is 17.2. The number of aliphatic hydroxyl groups excluding tert-OH is 1. The summed E-state index contributed by atoms with van der Waals surface area (Å²) in [7, 11) is 1.58. The fourth-order valence-electron chi connectivity index (χ4n) is 4.72. The van der Waals surface area contributed by atoms with Crippen molar-refractivity contribution in [2.75, 3.05) is 18.6 Å². The van der Waals surface area contributed by atoms with Crippen LogP contribution in [-0.2, 0) is 15.0 Å². The van der Waals surface area contributed by atoms with Gasteiger partial charge in [-0.3, -0.25) is 14.5 Å². The second kappa shape index (κ2) is 10.1. The number of nitrogens with zero attached hydrogens (tertiary/aromatic N) is 1. The predicted octanol–water partition coefficient (Wildman–Crippen LogP) is 6.33. The highest BCUT2D eigenvalue weighted by Crippen LogP contribution is 2.44. The molecule has 0 aromatic heterocycles. The topological polar surface area (TPSA) is 76.1 Å². The van der Waals surface area contributed by atoms with E-state index in [4.69, 9.17) is 9.47 Å². The lowest BCUT2D eigenvalue weighted by Gasteiger charge is -2.27. The van der Waals surface area contributed by atoms with Gasteiger partial charge in [0.05, 0.1) is 25.3 Å². The quantitative estimate of drug-likeness (QED) is 0.244. The van der Waals surface area contributed by atoms with E-state index in [0.717, 1.165) is 16.9 Å². The number of ether oxygens (including phenoxy) is 2. The van der Waals surface area contributed by atoms with Crippen molar-refractivity contribution in [3.63, 3.8) is 0 Å². The Bertz CT molecular complexity index is 1370. The van der Waals surface area contributed by atoms with Crippen LogP contribution in [0, 0.1) is 6.92 Å². The van der Waals surface area contributed by atoms with Crippen LogP contribution in [-0.4, -0.2) is 30.5 Å². The number of carbonyl (C=O) groups excluding carboxylic acids is 2. The monoisotopic (exact) mass is 499 g/mol. The summed E-state index contributed by atoms with van der Waals surface area (Å²) in [5.74, 6) is -0.258. The van der Waals surface area contributed by atoms with E-state index in [-0.39, 0.29) is 16.7 Å². The van der Waals surface area contributed by atoms with Crippen LogP contribution in [0.3, 0.4) is 0 Å². The second-order valence-corrected chi connectivity index (χ2v) is 10.1. The van der Waals surface area contributed by atoms with Gasteiger partial charge in [-0.1, -0.05) is 51.1 Å². The number of Topliss-reactive ketones (excluding diaryl/α,β-unsaturated/α-hetero) is 1. The van der Waals surface area contributed by atoms with Gasteiger partial charge in [-0.2, -0.15) is 0 Å². The molecule has 0 spiro atoms. The van der Waals surface area contributed by atoms with Gasteiger partial charge in [-0.05, 0) is 66.8 Å². The Morgan fingerprint density at radius 3 is 2.27 bits per heavy atom. The Balaban J connectivity index is 1.95. The SMILES string of the molecule is CCOc1ccc(/C(O)=C2/C(=O)C(=O)N(c3ccccc3C)C2c2ccc(OC)cc2)cc1C(C)(C)C. The van der Waals surface area contributed by atoms with Crippen LogP contribution in [0.15, 0.2) is 72.3 Å². The van der Waals surface area contributed by atoms with E-state index < -0.39 is 17.7 Å². The first-order valence-corrected chi connectivity index (χ1v) is 12.4. The van der Waals surface area contributed by atoms with Crippen molar-refractivity contribution >= 4 is 23.1 Å². The summed E-state index contributed by atoms with van der Waals surface area (Å²) in [4.78, 5) is 28.5. The molecule has 1 fully saturated rings. The van der Waals surface area contributed by atoms with Crippen LogP contribution in [0.1, 0.15) is 56.0 Å². The van der Waals surface area contributed by atoms with E-state index in [0.29, 0.717) is 29.2 Å². The van der Waals surface area contributed by atoms with Gasteiger partial charge in [-0.15, -0.1) is 0 Å². The number of amides is 1. The van der Waals surface area contributed by atoms with Crippen LogP contribution in [0.25, 0.3) is 5.76 Å². The number of ketones is 1. The van der Waals surface area contributed by atoms with Gasteiger partial charge in [0, 0.05) is 16.8 Å². The molecule has 1 atom stereocenters. The van der Waals surface area contributed by atoms with Crippen LogP contribution in [0.4, 0.5) is 5.69 Å². The molecule has 6 heteroatoms. The van der Waals surface area contributed by atoms with Gasteiger partial charge < -0.3 is 14.6 Å². The minimum Gasteiger partial charge on any atom is -0.507 e. The van der Waals surface area contributed by atoms with Crippen LogP contribution in [0.2, 0.25) is 0 Å². The zero-order chi connectivity index (χ0) is 26.9. The van der Waals surface area contributed by atoms with E-state index in [1.165, 1.54) is 4.90 Å². The predicted molar refractivity (Wildman–Crippen MR) is 145 cm³/mol. The molecule has 1 N–H and O–H groups in total. The average molecular weight is 500 g/mol. The largest absolute Gasteiger partial charge is 0.507 e. The van der Waals surface area contributed by atoms with E-state index in [1.54, 1.807) is 31.4 Å². The van der Waals surface area contributed by atoms with Crippen LogP contribution >= 0.6 is 0 Å². The molecule has 1 aliphatic heterocycles. The molecule has 6 nitrogen and oxygen atoms in total. The number of hydrogen-bond acceptors (Lipinski definition) is 5. The highest BCUT2D eigenvalue weighted by molar-refractivity contribution is 6.51. The lowest BCUT2D eigenvalue weighted by molar-refractivity contribution is -0.132. The Morgan fingerprint density at radius 1 is 1.00 bits per heavy atom. The smallest absolute Gasteiger partial charge is 0.300 e. The Morgan fingerprint density at radius 2 is 1.68 bits per heavy atom. The summed E-state index contributed by atoms with van der Waals surface area (Å²) in [6.45, 7) is 10.5. The van der Waals surface area contributed by atoms with Crippen molar-refractivity contribution < 1.29 is 24.2 Å². The molecule has 192 valence electrons. The molecule has 0 saturated carbocycles. The zero-order valence-corrected chi connectivity index (χ0v) is 22.2. The maximum Gasteiger partial charge on any atom is 0.300 e. The summed E-state index contributed by atoms with van der Waals surface area (Å²) in [6.07, 6.45) is 0. The van der Waals surface area contributed by atoms with E-state index in [1.807, 2.05) is 56.3 Å². The molecule has 0 radical (unpaired) electrons.